The monoisotopic (exact) mass is 116 g/mol. The van der Waals surface area contributed by atoms with Gasteiger partial charge in [-0.25, -0.2) is 0 Å². The van der Waals surface area contributed by atoms with Crippen molar-refractivity contribution >= 4 is 7.92 Å². The van der Waals surface area contributed by atoms with Crippen LogP contribution in [0.15, 0.2) is 0 Å². The van der Waals surface area contributed by atoms with Gasteiger partial charge in [0.15, 0.2) is 0 Å². The van der Waals surface area contributed by atoms with Crippen molar-refractivity contribution in [2.45, 2.75) is 18.4 Å². The molecule has 2 heterocycles. The van der Waals surface area contributed by atoms with Gasteiger partial charge in [0, 0.05) is 0 Å². The number of ether oxygens (including phenoxy) is 1. The standard InChI is InChI=1S/C5H9OP/c1-7-3-2-4-5(7)6-4/h4-5H,2-3H2,1H3. The minimum absolute atomic E-state index is 0.326. The van der Waals surface area contributed by atoms with Crippen molar-refractivity contribution in [3.63, 3.8) is 0 Å². The Balaban J connectivity index is 2.08. The molecule has 0 bridgehead atoms. The summed E-state index contributed by atoms with van der Waals surface area (Å²) in [4.78, 5) is 0. The minimum Gasteiger partial charge on any atom is -0.365 e. The Kier molecular flexibility index (Phi) is 0.741. The van der Waals surface area contributed by atoms with Crippen LogP contribution in [0.25, 0.3) is 0 Å². The summed E-state index contributed by atoms with van der Waals surface area (Å²) in [6, 6.07) is 0. The SMILES string of the molecule is CP1CCC2OC21. The fourth-order valence-electron chi connectivity index (χ4n) is 1.19. The highest BCUT2D eigenvalue weighted by Crippen LogP contribution is 2.57. The van der Waals surface area contributed by atoms with Crippen molar-refractivity contribution in [3.05, 3.63) is 0 Å². The maximum Gasteiger partial charge on any atom is 0.103 e. The molecule has 0 aromatic heterocycles. The van der Waals surface area contributed by atoms with Crippen molar-refractivity contribution in [2.75, 3.05) is 12.8 Å². The van der Waals surface area contributed by atoms with Crippen molar-refractivity contribution in [2.24, 2.45) is 0 Å². The molecule has 3 atom stereocenters. The molecule has 0 aliphatic carbocycles. The summed E-state index contributed by atoms with van der Waals surface area (Å²) in [5.41, 5.74) is 0. The largest absolute Gasteiger partial charge is 0.365 e. The zero-order chi connectivity index (χ0) is 4.85. The van der Waals surface area contributed by atoms with E-state index in [1.807, 2.05) is 0 Å². The Morgan fingerprint density at radius 3 is 2.71 bits per heavy atom. The van der Waals surface area contributed by atoms with E-state index in [0.29, 0.717) is 7.92 Å². The van der Waals surface area contributed by atoms with Crippen LogP contribution in [-0.2, 0) is 4.74 Å². The molecule has 40 valence electrons. The van der Waals surface area contributed by atoms with Crippen LogP contribution in [0.2, 0.25) is 0 Å². The average molecular weight is 116 g/mol. The molecule has 2 aliphatic heterocycles. The first-order chi connectivity index (χ1) is 3.38. The fraction of sp³-hybridized carbons (Fsp3) is 1.00. The van der Waals surface area contributed by atoms with Gasteiger partial charge in [0.2, 0.25) is 0 Å². The molecule has 0 N–H and O–H groups in total. The Morgan fingerprint density at radius 1 is 1.71 bits per heavy atom. The van der Waals surface area contributed by atoms with Crippen LogP contribution in [0.5, 0.6) is 0 Å². The first-order valence-corrected chi connectivity index (χ1v) is 4.78. The van der Waals surface area contributed by atoms with Gasteiger partial charge in [-0.2, -0.15) is 0 Å². The summed E-state index contributed by atoms with van der Waals surface area (Å²) in [6.07, 6.45) is 3.54. The summed E-state index contributed by atoms with van der Waals surface area (Å²) < 4.78 is 5.29. The zero-order valence-corrected chi connectivity index (χ0v) is 5.32. The second kappa shape index (κ2) is 1.21. The summed E-state index contributed by atoms with van der Waals surface area (Å²) >= 11 is 0. The summed E-state index contributed by atoms with van der Waals surface area (Å²) in [7, 11) is 0.326. The molecule has 2 aliphatic rings. The molecule has 1 nitrogen and oxygen atoms in total. The van der Waals surface area contributed by atoms with E-state index in [4.69, 9.17) is 4.74 Å². The average Bonchev–Trinajstić information content (AvgIpc) is 2.33. The highest BCUT2D eigenvalue weighted by molar-refractivity contribution is 7.58. The predicted molar refractivity (Wildman–Crippen MR) is 31.0 cm³/mol. The Morgan fingerprint density at radius 2 is 2.57 bits per heavy atom. The van der Waals surface area contributed by atoms with Crippen LogP contribution in [-0.4, -0.2) is 24.8 Å². The van der Waals surface area contributed by atoms with Gasteiger partial charge in [-0.3, -0.25) is 0 Å². The Bertz CT molecular complexity index is 94.1. The van der Waals surface area contributed by atoms with Crippen molar-refractivity contribution in [1.82, 2.24) is 0 Å². The van der Waals surface area contributed by atoms with Gasteiger partial charge < -0.3 is 4.74 Å². The van der Waals surface area contributed by atoms with Crippen LogP contribution in [0.1, 0.15) is 6.42 Å². The van der Waals surface area contributed by atoms with Crippen molar-refractivity contribution in [3.8, 4) is 0 Å². The maximum atomic E-state index is 5.29. The Labute approximate surface area is 44.8 Å². The normalized spacial score (nSPS) is 57.0. The lowest BCUT2D eigenvalue weighted by atomic mass is 10.4. The molecule has 0 aromatic rings. The van der Waals surface area contributed by atoms with Gasteiger partial charge in [-0.15, -0.1) is 0 Å². The quantitative estimate of drug-likeness (QED) is 0.342. The fourth-order valence-corrected chi connectivity index (χ4v) is 3.19. The van der Waals surface area contributed by atoms with Crippen LogP contribution in [0.3, 0.4) is 0 Å². The van der Waals surface area contributed by atoms with E-state index in [9.17, 15) is 0 Å². The first kappa shape index (κ1) is 4.29. The highest BCUT2D eigenvalue weighted by atomic mass is 31.1. The van der Waals surface area contributed by atoms with Gasteiger partial charge in [0.25, 0.3) is 0 Å². The molecule has 2 rings (SSSR count). The predicted octanol–water partition coefficient (Wildman–Crippen LogP) is 1.23. The molecule has 0 spiro atoms. The second-order valence-electron chi connectivity index (χ2n) is 2.33. The summed E-state index contributed by atoms with van der Waals surface area (Å²) in [5.74, 6) is 0.745. The third-order valence-electron chi connectivity index (χ3n) is 1.76. The van der Waals surface area contributed by atoms with Gasteiger partial charge >= 0.3 is 0 Å². The summed E-state index contributed by atoms with van der Waals surface area (Å²) in [5, 5.41) is 0. The van der Waals surface area contributed by atoms with E-state index in [2.05, 4.69) is 6.66 Å². The van der Waals surface area contributed by atoms with E-state index in [-0.39, 0.29) is 0 Å². The van der Waals surface area contributed by atoms with Crippen LogP contribution < -0.4 is 0 Å². The van der Waals surface area contributed by atoms with E-state index in [1.54, 1.807) is 0 Å². The minimum atomic E-state index is 0.326. The van der Waals surface area contributed by atoms with E-state index in [0.717, 1.165) is 11.9 Å². The lowest BCUT2D eigenvalue weighted by Crippen LogP contribution is -1.79. The lowest BCUT2D eigenvalue weighted by Gasteiger charge is -1.98. The van der Waals surface area contributed by atoms with Crippen LogP contribution in [0.4, 0.5) is 0 Å². The van der Waals surface area contributed by atoms with E-state index < -0.39 is 0 Å². The number of hydrogen-bond donors (Lipinski definition) is 0. The number of fused-ring (bicyclic) bond motifs is 1. The molecule has 2 fully saturated rings. The second-order valence-corrected chi connectivity index (χ2v) is 4.80. The van der Waals surface area contributed by atoms with Crippen LogP contribution >= 0.6 is 7.92 Å². The van der Waals surface area contributed by atoms with Gasteiger partial charge in [-0.1, -0.05) is 7.92 Å². The smallest absolute Gasteiger partial charge is 0.103 e. The third kappa shape index (κ3) is 0.520. The van der Waals surface area contributed by atoms with Gasteiger partial charge in [-0.05, 0) is 19.2 Å². The third-order valence-corrected chi connectivity index (χ3v) is 4.04. The topological polar surface area (TPSA) is 12.5 Å². The highest BCUT2D eigenvalue weighted by Gasteiger charge is 2.47. The molecular weight excluding hydrogens is 107 g/mol. The number of rotatable bonds is 0. The van der Waals surface area contributed by atoms with Crippen LogP contribution in [0, 0.1) is 0 Å². The number of hydrogen-bond acceptors (Lipinski definition) is 1. The van der Waals surface area contributed by atoms with Crippen molar-refractivity contribution < 1.29 is 4.74 Å². The Hall–Kier alpha value is 0.390. The van der Waals surface area contributed by atoms with E-state index in [1.165, 1.54) is 12.6 Å². The summed E-state index contributed by atoms with van der Waals surface area (Å²) in [6.45, 7) is 2.34. The van der Waals surface area contributed by atoms with Crippen molar-refractivity contribution in [1.29, 1.82) is 0 Å². The zero-order valence-electron chi connectivity index (χ0n) is 4.42. The molecule has 3 unspecified atom stereocenters. The lowest BCUT2D eigenvalue weighted by molar-refractivity contribution is 0.387. The molecule has 0 aromatic carbocycles. The van der Waals surface area contributed by atoms with Gasteiger partial charge in [0.05, 0.1) is 6.10 Å². The molecule has 2 saturated heterocycles. The molecule has 7 heavy (non-hydrogen) atoms. The molecule has 2 heteroatoms. The first-order valence-electron chi connectivity index (χ1n) is 2.73. The molecule has 0 radical (unpaired) electrons. The molecule has 0 saturated carbocycles. The maximum absolute atomic E-state index is 5.29. The number of epoxide rings is 1. The molecule has 0 amide bonds. The van der Waals surface area contributed by atoms with E-state index >= 15 is 0 Å². The van der Waals surface area contributed by atoms with Gasteiger partial charge in [0.1, 0.15) is 5.85 Å². The molecular formula is C5H9OP.